The Balaban J connectivity index is 1.99. The number of hydrogen-bond acceptors (Lipinski definition) is 3. The van der Waals surface area contributed by atoms with Gasteiger partial charge in [-0.3, -0.25) is 4.79 Å². The molecule has 0 aliphatic carbocycles. The number of nitrogens with zero attached hydrogens (tertiary/aromatic N) is 1. The van der Waals surface area contributed by atoms with E-state index in [1.165, 1.54) is 18.2 Å². The van der Waals surface area contributed by atoms with E-state index in [4.69, 9.17) is 4.42 Å². The molecule has 0 unspecified atom stereocenters. The van der Waals surface area contributed by atoms with Gasteiger partial charge in [-0.25, -0.2) is 0 Å². The molecule has 18 heavy (non-hydrogen) atoms. The lowest BCUT2D eigenvalue weighted by Crippen LogP contribution is -2.12. The van der Waals surface area contributed by atoms with Gasteiger partial charge in [0.1, 0.15) is 5.76 Å². The molecule has 0 N–H and O–H groups in total. The molecule has 0 bridgehead atoms. The highest BCUT2D eigenvalue weighted by molar-refractivity contribution is 5.91. The van der Waals surface area contributed by atoms with E-state index < -0.39 is 0 Å². The first kappa shape index (κ1) is 11.1. The van der Waals surface area contributed by atoms with Gasteiger partial charge < -0.3 is 9.32 Å². The van der Waals surface area contributed by atoms with E-state index in [9.17, 15) is 4.79 Å². The van der Waals surface area contributed by atoms with Crippen LogP contribution in [0.25, 0.3) is 11.3 Å². The quantitative estimate of drug-likeness (QED) is 0.757. The van der Waals surface area contributed by atoms with Crippen molar-refractivity contribution in [3.8, 4) is 11.3 Å². The zero-order chi connectivity index (χ0) is 12.7. The Hall–Kier alpha value is -2.03. The number of Topliss-reactive ketones (excluding diaryl/α,β-unsaturated/α-hetero) is 1. The molecule has 2 aromatic rings. The standard InChI is InChI=1S/C15H15NO2/c1-10(17)14-5-6-15(18-14)12-3-4-13-11(9-12)7-8-16(13)2/h3-6,9H,7-8H2,1-2H3. The average Bonchev–Trinajstić information content (AvgIpc) is 2.96. The van der Waals surface area contributed by atoms with Crippen LogP contribution in [0.1, 0.15) is 23.0 Å². The van der Waals surface area contributed by atoms with Crippen molar-refractivity contribution in [1.29, 1.82) is 0 Å². The highest BCUT2D eigenvalue weighted by Gasteiger charge is 2.17. The fourth-order valence-corrected chi connectivity index (χ4v) is 2.40. The zero-order valence-corrected chi connectivity index (χ0v) is 10.6. The summed E-state index contributed by atoms with van der Waals surface area (Å²) in [5.41, 5.74) is 3.67. The van der Waals surface area contributed by atoms with Crippen LogP contribution in [0.15, 0.2) is 34.7 Å². The topological polar surface area (TPSA) is 33.5 Å². The number of fused-ring (bicyclic) bond motifs is 1. The number of hydrogen-bond donors (Lipinski definition) is 0. The first-order valence-electron chi connectivity index (χ1n) is 6.10. The van der Waals surface area contributed by atoms with Gasteiger partial charge in [0.25, 0.3) is 0 Å². The number of ketones is 1. The number of carbonyl (C=O) groups excluding carboxylic acids is 1. The Morgan fingerprint density at radius 1 is 1.28 bits per heavy atom. The lowest BCUT2D eigenvalue weighted by Gasteiger charge is -2.11. The highest BCUT2D eigenvalue weighted by Crippen LogP contribution is 2.32. The van der Waals surface area contributed by atoms with Crippen molar-refractivity contribution in [3.63, 3.8) is 0 Å². The summed E-state index contributed by atoms with van der Waals surface area (Å²) in [7, 11) is 2.10. The van der Waals surface area contributed by atoms with Crippen LogP contribution in [0.4, 0.5) is 5.69 Å². The Morgan fingerprint density at radius 2 is 2.11 bits per heavy atom. The molecular weight excluding hydrogens is 226 g/mol. The third kappa shape index (κ3) is 1.72. The third-order valence-electron chi connectivity index (χ3n) is 3.44. The predicted octanol–water partition coefficient (Wildman–Crippen LogP) is 3.14. The first-order valence-corrected chi connectivity index (χ1v) is 6.10. The first-order chi connectivity index (χ1) is 8.65. The molecule has 0 atom stereocenters. The molecule has 0 saturated carbocycles. The number of carbonyl (C=O) groups is 1. The fraction of sp³-hybridized carbons (Fsp3) is 0.267. The minimum atomic E-state index is -0.0397. The number of benzene rings is 1. The zero-order valence-electron chi connectivity index (χ0n) is 10.6. The lowest BCUT2D eigenvalue weighted by molar-refractivity contribution is 0.0988. The molecule has 1 aromatic carbocycles. The van der Waals surface area contributed by atoms with Crippen molar-refractivity contribution in [2.45, 2.75) is 13.3 Å². The van der Waals surface area contributed by atoms with Crippen LogP contribution in [0, 0.1) is 0 Å². The molecule has 3 heteroatoms. The molecule has 0 amide bonds. The molecule has 1 aromatic heterocycles. The number of anilines is 1. The normalized spacial score (nSPS) is 13.8. The van der Waals surface area contributed by atoms with Crippen LogP contribution in [0.3, 0.4) is 0 Å². The van der Waals surface area contributed by atoms with E-state index >= 15 is 0 Å². The molecular formula is C15H15NO2. The molecule has 0 spiro atoms. The van der Waals surface area contributed by atoms with Gasteiger partial charge in [0.05, 0.1) is 0 Å². The van der Waals surface area contributed by atoms with Crippen molar-refractivity contribution >= 4 is 11.5 Å². The van der Waals surface area contributed by atoms with E-state index in [2.05, 4.69) is 24.1 Å². The SMILES string of the molecule is CC(=O)c1ccc(-c2ccc3c(c2)CCN3C)o1. The second-order valence-corrected chi connectivity index (χ2v) is 4.74. The summed E-state index contributed by atoms with van der Waals surface area (Å²) >= 11 is 0. The minimum Gasteiger partial charge on any atom is -0.453 e. The summed E-state index contributed by atoms with van der Waals surface area (Å²) < 4.78 is 5.55. The maximum Gasteiger partial charge on any atom is 0.194 e. The van der Waals surface area contributed by atoms with E-state index in [0.29, 0.717) is 5.76 Å². The maximum atomic E-state index is 11.2. The second kappa shape index (κ2) is 4.02. The van der Waals surface area contributed by atoms with E-state index in [1.54, 1.807) is 6.07 Å². The molecule has 3 rings (SSSR count). The molecule has 1 aliphatic heterocycles. The van der Waals surface area contributed by atoms with E-state index in [0.717, 1.165) is 24.3 Å². The van der Waals surface area contributed by atoms with Crippen molar-refractivity contribution in [2.75, 3.05) is 18.5 Å². The molecule has 92 valence electrons. The third-order valence-corrected chi connectivity index (χ3v) is 3.44. The van der Waals surface area contributed by atoms with Crippen LogP contribution in [-0.2, 0) is 6.42 Å². The van der Waals surface area contributed by atoms with Gasteiger partial charge in [-0.1, -0.05) is 0 Å². The molecule has 1 aliphatic rings. The van der Waals surface area contributed by atoms with E-state index in [1.807, 2.05) is 12.1 Å². The van der Waals surface area contributed by atoms with Crippen molar-refractivity contribution in [2.24, 2.45) is 0 Å². The lowest BCUT2D eigenvalue weighted by atomic mass is 10.1. The molecule has 3 nitrogen and oxygen atoms in total. The number of rotatable bonds is 2. The highest BCUT2D eigenvalue weighted by atomic mass is 16.3. The van der Waals surface area contributed by atoms with Gasteiger partial charge in [0, 0.05) is 31.8 Å². The predicted molar refractivity (Wildman–Crippen MR) is 71.1 cm³/mol. The van der Waals surface area contributed by atoms with Crippen LogP contribution < -0.4 is 4.90 Å². The summed E-state index contributed by atoms with van der Waals surface area (Å²) in [6.07, 6.45) is 1.07. The second-order valence-electron chi connectivity index (χ2n) is 4.74. The van der Waals surface area contributed by atoms with Crippen LogP contribution >= 0.6 is 0 Å². The summed E-state index contributed by atoms with van der Waals surface area (Å²) in [4.78, 5) is 13.5. The maximum absolute atomic E-state index is 11.2. The molecule has 0 radical (unpaired) electrons. The molecule has 2 heterocycles. The molecule has 0 saturated heterocycles. The van der Waals surface area contributed by atoms with Gasteiger partial charge in [-0.2, -0.15) is 0 Å². The van der Waals surface area contributed by atoms with Gasteiger partial charge >= 0.3 is 0 Å². The van der Waals surface area contributed by atoms with Gasteiger partial charge in [0.2, 0.25) is 0 Å². The number of likely N-dealkylation sites (N-methyl/N-ethyl adjacent to an activating group) is 1. The van der Waals surface area contributed by atoms with E-state index in [-0.39, 0.29) is 5.78 Å². The summed E-state index contributed by atoms with van der Waals surface area (Å²) in [5.74, 6) is 1.14. The minimum absolute atomic E-state index is 0.0397. The smallest absolute Gasteiger partial charge is 0.194 e. The van der Waals surface area contributed by atoms with Crippen molar-refractivity contribution < 1.29 is 9.21 Å². The van der Waals surface area contributed by atoms with Gasteiger partial charge in [-0.15, -0.1) is 0 Å². The molecule has 0 fully saturated rings. The number of furan rings is 1. The summed E-state index contributed by atoms with van der Waals surface area (Å²) in [6.45, 7) is 2.58. The van der Waals surface area contributed by atoms with Crippen LogP contribution in [0.2, 0.25) is 0 Å². The summed E-state index contributed by atoms with van der Waals surface area (Å²) in [6, 6.07) is 9.91. The van der Waals surface area contributed by atoms with Gasteiger partial charge in [-0.05, 0) is 42.3 Å². The Bertz CT molecular complexity index is 613. The van der Waals surface area contributed by atoms with Crippen LogP contribution in [0.5, 0.6) is 0 Å². The Kier molecular flexibility index (Phi) is 2.47. The summed E-state index contributed by atoms with van der Waals surface area (Å²) in [5, 5.41) is 0. The Labute approximate surface area is 106 Å². The fourth-order valence-electron chi connectivity index (χ4n) is 2.40. The van der Waals surface area contributed by atoms with Crippen molar-refractivity contribution in [1.82, 2.24) is 0 Å². The average molecular weight is 241 g/mol. The Morgan fingerprint density at radius 3 is 2.83 bits per heavy atom. The van der Waals surface area contributed by atoms with Crippen LogP contribution in [-0.4, -0.2) is 19.4 Å². The monoisotopic (exact) mass is 241 g/mol. The van der Waals surface area contributed by atoms with Gasteiger partial charge in [0.15, 0.2) is 11.5 Å². The van der Waals surface area contributed by atoms with Crippen molar-refractivity contribution in [3.05, 3.63) is 41.7 Å². The largest absolute Gasteiger partial charge is 0.453 e.